The third kappa shape index (κ3) is 9.87. The van der Waals surface area contributed by atoms with Crippen molar-refractivity contribution in [2.24, 2.45) is 16.6 Å². The average molecular weight is 586 g/mol. The van der Waals surface area contributed by atoms with Gasteiger partial charge in [0.2, 0.25) is 0 Å². The molecule has 2 aromatic carbocycles. The number of rotatable bonds is 13. The molecule has 0 aliphatic carbocycles. The molecule has 230 valence electrons. The van der Waals surface area contributed by atoms with Gasteiger partial charge in [0.15, 0.2) is 11.5 Å². The maximum atomic E-state index is 12.9. The minimum atomic E-state index is -1.08. The van der Waals surface area contributed by atoms with E-state index in [1.54, 1.807) is 77.9 Å². The first-order valence-electron chi connectivity index (χ1n) is 14.1. The Morgan fingerprint density at radius 1 is 0.738 bits per heavy atom. The van der Waals surface area contributed by atoms with Crippen LogP contribution in [0.2, 0.25) is 0 Å². The van der Waals surface area contributed by atoms with Crippen molar-refractivity contribution >= 4 is 24.1 Å². The highest BCUT2D eigenvalue weighted by atomic mass is 16.7. The molecule has 0 unspecified atom stereocenters. The molecule has 2 rings (SSSR count). The molecule has 3 atom stereocenters. The third-order valence-corrected chi connectivity index (χ3v) is 7.23. The van der Waals surface area contributed by atoms with Crippen LogP contribution < -0.4 is 19.9 Å². The van der Waals surface area contributed by atoms with E-state index < -0.39 is 53.1 Å². The largest absolute Gasteiger partial charge is 0.514 e. The molecule has 0 bridgehead atoms. The van der Waals surface area contributed by atoms with E-state index in [4.69, 9.17) is 29.4 Å². The van der Waals surface area contributed by atoms with Crippen molar-refractivity contribution in [3.63, 3.8) is 0 Å². The number of para-hydroxylation sites is 1. The van der Waals surface area contributed by atoms with Crippen molar-refractivity contribution in [1.29, 1.82) is 0 Å². The SMILES string of the molecule is CCC(C)(C)C(=O)Oc1ccc(C[C@H](N)C(=O)O[C@@H](C)[C@H](C)OC(=O)Oc2ccccc2)cc1OC(=O)C(C)(C)CC. The van der Waals surface area contributed by atoms with Crippen molar-refractivity contribution < 1.29 is 42.9 Å². The molecule has 0 radical (unpaired) electrons. The molecule has 10 heteroatoms. The fourth-order valence-electron chi connectivity index (χ4n) is 3.17. The maximum absolute atomic E-state index is 12.9. The van der Waals surface area contributed by atoms with Gasteiger partial charge >= 0.3 is 24.1 Å². The fourth-order valence-corrected chi connectivity index (χ4v) is 3.17. The lowest BCUT2D eigenvalue weighted by molar-refractivity contribution is -0.155. The Morgan fingerprint density at radius 3 is 1.81 bits per heavy atom. The highest BCUT2D eigenvalue weighted by molar-refractivity contribution is 5.81. The summed E-state index contributed by atoms with van der Waals surface area (Å²) in [4.78, 5) is 50.4. The number of carbonyl (C=O) groups excluding carboxylic acids is 4. The Hall–Kier alpha value is -3.92. The van der Waals surface area contributed by atoms with Crippen LogP contribution >= 0.6 is 0 Å². The van der Waals surface area contributed by atoms with Gasteiger partial charge in [-0.3, -0.25) is 14.4 Å². The highest BCUT2D eigenvalue weighted by Gasteiger charge is 2.32. The standard InChI is InChI=1S/C32H43NO9/c1-9-31(5,6)28(35)41-25-17-16-22(19-26(25)42-29(36)32(7,8)10-2)18-24(33)27(34)38-20(3)21(4)39-30(37)40-23-14-12-11-13-15-23/h11-17,19-21,24H,9-10,18,33H2,1-8H3/t20-,21-,24-/m0/s1. The Bertz CT molecular complexity index is 1240. The normalized spacial score (nSPS) is 13.7. The molecule has 10 nitrogen and oxygen atoms in total. The van der Waals surface area contributed by atoms with E-state index >= 15 is 0 Å². The lowest BCUT2D eigenvalue weighted by Gasteiger charge is -2.24. The first kappa shape index (κ1) is 34.3. The van der Waals surface area contributed by atoms with Crippen LogP contribution in [0.1, 0.15) is 73.8 Å². The number of hydrogen-bond donors (Lipinski definition) is 1. The molecule has 0 aliphatic heterocycles. The van der Waals surface area contributed by atoms with Gasteiger partial charge in [0, 0.05) is 0 Å². The molecular weight excluding hydrogens is 542 g/mol. The number of ether oxygens (including phenoxy) is 5. The summed E-state index contributed by atoms with van der Waals surface area (Å²) in [5.41, 5.74) is 5.17. The molecule has 42 heavy (non-hydrogen) atoms. The smallest absolute Gasteiger partial charge is 0.458 e. The molecule has 0 fully saturated rings. The molecule has 2 N–H and O–H groups in total. The summed E-state index contributed by atoms with van der Waals surface area (Å²) in [5, 5.41) is 0. The van der Waals surface area contributed by atoms with Gasteiger partial charge in [-0.25, -0.2) is 4.79 Å². The summed E-state index contributed by atoms with van der Waals surface area (Å²) in [6, 6.07) is 12.0. The second-order valence-electron chi connectivity index (χ2n) is 11.5. The van der Waals surface area contributed by atoms with Crippen LogP contribution in [0, 0.1) is 10.8 Å². The number of esters is 3. The number of benzene rings is 2. The highest BCUT2D eigenvalue weighted by Crippen LogP contribution is 2.34. The number of carbonyl (C=O) groups is 4. The van der Waals surface area contributed by atoms with E-state index in [1.807, 2.05) is 13.8 Å². The van der Waals surface area contributed by atoms with Gasteiger partial charge in [0.25, 0.3) is 0 Å². The topological polar surface area (TPSA) is 140 Å². The minimum Gasteiger partial charge on any atom is -0.458 e. The maximum Gasteiger partial charge on any atom is 0.514 e. The first-order chi connectivity index (χ1) is 19.6. The van der Waals surface area contributed by atoms with Gasteiger partial charge in [0.1, 0.15) is 24.0 Å². The van der Waals surface area contributed by atoms with Gasteiger partial charge < -0.3 is 29.4 Å². The van der Waals surface area contributed by atoms with Crippen molar-refractivity contribution in [1.82, 2.24) is 0 Å². The average Bonchev–Trinajstić information content (AvgIpc) is 2.94. The third-order valence-electron chi connectivity index (χ3n) is 7.23. The Morgan fingerprint density at radius 2 is 1.26 bits per heavy atom. The van der Waals surface area contributed by atoms with Crippen molar-refractivity contribution in [3.8, 4) is 17.2 Å². The minimum absolute atomic E-state index is 0.0350. The van der Waals surface area contributed by atoms with Crippen LogP contribution in [-0.4, -0.2) is 42.3 Å². The zero-order valence-electron chi connectivity index (χ0n) is 25.7. The van der Waals surface area contributed by atoms with Crippen LogP contribution in [0.4, 0.5) is 4.79 Å². The van der Waals surface area contributed by atoms with Crippen LogP contribution in [0.5, 0.6) is 17.2 Å². The monoisotopic (exact) mass is 585 g/mol. The van der Waals surface area contributed by atoms with Crippen molar-refractivity contribution in [2.75, 3.05) is 0 Å². The summed E-state index contributed by atoms with van der Waals surface area (Å²) in [5.74, 6) is -1.23. The van der Waals surface area contributed by atoms with Crippen molar-refractivity contribution in [2.45, 2.75) is 92.9 Å². The zero-order valence-corrected chi connectivity index (χ0v) is 25.7. The summed E-state index contributed by atoms with van der Waals surface area (Å²) >= 11 is 0. The van der Waals surface area contributed by atoms with Crippen LogP contribution in [0.15, 0.2) is 48.5 Å². The van der Waals surface area contributed by atoms with Gasteiger partial charge in [-0.1, -0.05) is 38.1 Å². The Balaban J connectivity index is 2.11. The lowest BCUT2D eigenvalue weighted by atomic mass is 9.90. The van der Waals surface area contributed by atoms with Crippen LogP contribution in [0.25, 0.3) is 0 Å². The fraction of sp³-hybridized carbons (Fsp3) is 0.500. The quantitative estimate of drug-likeness (QED) is 0.175. The van der Waals surface area contributed by atoms with E-state index in [1.165, 1.54) is 12.1 Å². The predicted octanol–water partition coefficient (Wildman–Crippen LogP) is 5.78. The van der Waals surface area contributed by atoms with E-state index in [9.17, 15) is 19.2 Å². The van der Waals surface area contributed by atoms with Crippen LogP contribution in [0.3, 0.4) is 0 Å². The molecule has 0 saturated carbocycles. The van der Waals surface area contributed by atoms with Gasteiger partial charge in [-0.05, 0) is 90.6 Å². The second kappa shape index (κ2) is 14.8. The first-order valence-corrected chi connectivity index (χ1v) is 14.1. The van der Waals surface area contributed by atoms with E-state index in [0.29, 0.717) is 24.2 Å². The van der Waals surface area contributed by atoms with Crippen molar-refractivity contribution in [3.05, 3.63) is 54.1 Å². The molecule has 2 aromatic rings. The number of nitrogens with two attached hydrogens (primary N) is 1. The van der Waals surface area contributed by atoms with E-state index in [2.05, 4.69) is 0 Å². The second-order valence-corrected chi connectivity index (χ2v) is 11.5. The van der Waals surface area contributed by atoms with Gasteiger partial charge in [-0.15, -0.1) is 0 Å². The number of hydrogen-bond acceptors (Lipinski definition) is 10. The van der Waals surface area contributed by atoms with Crippen LogP contribution in [-0.2, 0) is 30.3 Å². The summed E-state index contributed by atoms with van der Waals surface area (Å²) in [7, 11) is 0. The molecule has 0 amide bonds. The predicted molar refractivity (Wildman–Crippen MR) is 156 cm³/mol. The van der Waals surface area contributed by atoms with E-state index in [-0.39, 0.29) is 17.9 Å². The molecule has 0 aromatic heterocycles. The van der Waals surface area contributed by atoms with Gasteiger partial charge in [-0.2, -0.15) is 0 Å². The van der Waals surface area contributed by atoms with Gasteiger partial charge in [0.05, 0.1) is 10.8 Å². The molecule has 0 aliphatic rings. The summed E-state index contributed by atoms with van der Waals surface area (Å²) in [6.45, 7) is 13.9. The molecule has 0 saturated heterocycles. The van der Waals surface area contributed by atoms with E-state index in [0.717, 1.165) is 0 Å². The summed E-state index contributed by atoms with van der Waals surface area (Å²) in [6.07, 6.45) is -1.44. The molecular formula is C32H43NO9. The molecule has 0 heterocycles. The lowest BCUT2D eigenvalue weighted by Crippen LogP contribution is -2.39. The zero-order chi connectivity index (χ0) is 31.7. The summed E-state index contributed by atoms with van der Waals surface area (Å²) < 4.78 is 27.0. The Kier molecular flexibility index (Phi) is 12.1. The molecule has 0 spiro atoms. The Labute approximate surface area is 247 Å².